The summed E-state index contributed by atoms with van der Waals surface area (Å²) in [6.07, 6.45) is 9.18. The Kier molecular flexibility index (Phi) is 8.36. The van der Waals surface area contributed by atoms with Crippen molar-refractivity contribution in [1.82, 2.24) is 0 Å². The van der Waals surface area contributed by atoms with E-state index in [2.05, 4.69) is 19.1 Å². The minimum Gasteiger partial charge on any atom is -0.491 e. The van der Waals surface area contributed by atoms with E-state index in [1.165, 1.54) is 44.1 Å². The van der Waals surface area contributed by atoms with Crippen LogP contribution in [0.2, 0.25) is 0 Å². The van der Waals surface area contributed by atoms with Crippen molar-refractivity contribution in [1.29, 1.82) is 0 Å². The minimum absolute atomic E-state index is 0.136. The van der Waals surface area contributed by atoms with Crippen LogP contribution in [0.1, 0.15) is 77.3 Å². The molecule has 0 aliphatic rings. The van der Waals surface area contributed by atoms with Crippen molar-refractivity contribution in [3.05, 3.63) is 29.8 Å². The molecule has 0 saturated carbocycles. The topological polar surface area (TPSA) is 35.2 Å². The Morgan fingerprint density at radius 3 is 2.45 bits per heavy atom. The first kappa shape index (κ1) is 17.0. The number of unbranched alkanes of at least 4 members (excludes halogenated alkanes) is 5. The maximum absolute atomic E-state index is 6.28. The van der Waals surface area contributed by atoms with E-state index in [0.29, 0.717) is 0 Å². The van der Waals surface area contributed by atoms with Crippen molar-refractivity contribution in [2.75, 3.05) is 0 Å². The number of rotatable bonds is 10. The van der Waals surface area contributed by atoms with Gasteiger partial charge in [0.15, 0.2) is 0 Å². The van der Waals surface area contributed by atoms with Crippen LogP contribution in [-0.2, 0) is 0 Å². The van der Waals surface area contributed by atoms with Crippen molar-refractivity contribution in [2.45, 2.75) is 77.9 Å². The van der Waals surface area contributed by atoms with Crippen LogP contribution >= 0.6 is 0 Å². The van der Waals surface area contributed by atoms with Gasteiger partial charge in [-0.1, -0.05) is 57.6 Å². The van der Waals surface area contributed by atoms with Gasteiger partial charge in [0, 0.05) is 6.04 Å². The van der Waals surface area contributed by atoms with Crippen LogP contribution < -0.4 is 10.5 Å². The van der Waals surface area contributed by atoms with Crippen molar-refractivity contribution < 1.29 is 4.74 Å². The molecule has 1 rings (SSSR count). The van der Waals surface area contributed by atoms with Gasteiger partial charge >= 0.3 is 0 Å². The van der Waals surface area contributed by atoms with E-state index in [9.17, 15) is 0 Å². The second-order valence-corrected chi connectivity index (χ2v) is 5.90. The molecule has 1 aromatic rings. The molecule has 1 unspecified atom stereocenters. The Morgan fingerprint density at radius 1 is 1.05 bits per heavy atom. The van der Waals surface area contributed by atoms with Gasteiger partial charge < -0.3 is 10.5 Å². The molecule has 0 saturated heterocycles. The quantitative estimate of drug-likeness (QED) is 0.595. The standard InChI is InChI=1S/C18H31NO/c1-4-5-6-7-8-9-13-18(19)16-11-10-12-17(14-16)20-15(2)3/h10-12,14-15,18H,4-9,13,19H2,1-3H3. The third-order valence-electron chi connectivity index (χ3n) is 3.53. The summed E-state index contributed by atoms with van der Waals surface area (Å²) in [4.78, 5) is 0. The fourth-order valence-corrected chi connectivity index (χ4v) is 2.40. The molecule has 0 aromatic heterocycles. The van der Waals surface area contributed by atoms with Gasteiger partial charge in [0.05, 0.1) is 6.10 Å². The van der Waals surface area contributed by atoms with Crippen LogP contribution in [0.3, 0.4) is 0 Å². The van der Waals surface area contributed by atoms with Gasteiger partial charge in [-0.15, -0.1) is 0 Å². The zero-order chi connectivity index (χ0) is 14.8. The van der Waals surface area contributed by atoms with E-state index in [-0.39, 0.29) is 12.1 Å². The van der Waals surface area contributed by atoms with E-state index in [0.717, 1.165) is 12.2 Å². The molecule has 0 amide bonds. The Balaban J connectivity index is 2.33. The minimum atomic E-state index is 0.136. The lowest BCUT2D eigenvalue weighted by Crippen LogP contribution is -2.11. The fourth-order valence-electron chi connectivity index (χ4n) is 2.40. The van der Waals surface area contributed by atoms with E-state index in [4.69, 9.17) is 10.5 Å². The Morgan fingerprint density at radius 2 is 1.75 bits per heavy atom. The zero-order valence-electron chi connectivity index (χ0n) is 13.4. The van der Waals surface area contributed by atoms with E-state index in [1.807, 2.05) is 26.0 Å². The highest BCUT2D eigenvalue weighted by molar-refractivity contribution is 5.30. The van der Waals surface area contributed by atoms with Crippen LogP contribution in [0.25, 0.3) is 0 Å². The van der Waals surface area contributed by atoms with Crippen LogP contribution in [0.4, 0.5) is 0 Å². The maximum atomic E-state index is 6.28. The molecule has 0 spiro atoms. The molecule has 1 atom stereocenters. The lowest BCUT2D eigenvalue weighted by atomic mass is 10.0. The fraction of sp³-hybridized carbons (Fsp3) is 0.667. The summed E-state index contributed by atoms with van der Waals surface area (Å²) < 4.78 is 5.72. The Hall–Kier alpha value is -1.02. The highest BCUT2D eigenvalue weighted by Crippen LogP contribution is 2.22. The average Bonchev–Trinajstić information content (AvgIpc) is 2.42. The van der Waals surface area contributed by atoms with Crippen LogP contribution in [0.15, 0.2) is 24.3 Å². The van der Waals surface area contributed by atoms with E-state index in [1.54, 1.807) is 0 Å². The summed E-state index contributed by atoms with van der Waals surface area (Å²) in [6, 6.07) is 8.36. The van der Waals surface area contributed by atoms with Crippen molar-refractivity contribution in [3.63, 3.8) is 0 Å². The van der Waals surface area contributed by atoms with Gasteiger partial charge in [-0.05, 0) is 38.0 Å². The SMILES string of the molecule is CCCCCCCCC(N)c1cccc(OC(C)C)c1. The van der Waals surface area contributed by atoms with Crippen LogP contribution in [0.5, 0.6) is 5.75 Å². The number of ether oxygens (including phenoxy) is 1. The smallest absolute Gasteiger partial charge is 0.120 e. The molecule has 2 N–H and O–H groups in total. The molecule has 0 radical (unpaired) electrons. The van der Waals surface area contributed by atoms with Crippen molar-refractivity contribution >= 4 is 0 Å². The highest BCUT2D eigenvalue weighted by Gasteiger charge is 2.07. The van der Waals surface area contributed by atoms with Gasteiger partial charge in [-0.2, -0.15) is 0 Å². The highest BCUT2D eigenvalue weighted by atomic mass is 16.5. The first-order valence-electron chi connectivity index (χ1n) is 8.15. The van der Waals surface area contributed by atoms with Crippen LogP contribution in [-0.4, -0.2) is 6.10 Å². The monoisotopic (exact) mass is 277 g/mol. The first-order valence-corrected chi connectivity index (χ1v) is 8.15. The molecular weight excluding hydrogens is 246 g/mol. The molecule has 1 aromatic carbocycles. The van der Waals surface area contributed by atoms with Crippen LogP contribution in [0, 0.1) is 0 Å². The summed E-state index contributed by atoms with van der Waals surface area (Å²) >= 11 is 0. The third kappa shape index (κ3) is 6.95. The third-order valence-corrected chi connectivity index (χ3v) is 3.53. The molecule has 20 heavy (non-hydrogen) atoms. The largest absolute Gasteiger partial charge is 0.491 e. The molecule has 0 bridgehead atoms. The van der Waals surface area contributed by atoms with Crippen molar-refractivity contribution in [3.8, 4) is 5.75 Å². The number of nitrogens with two attached hydrogens (primary N) is 1. The molecular formula is C18H31NO. The molecule has 0 heterocycles. The lowest BCUT2D eigenvalue weighted by Gasteiger charge is -2.15. The van der Waals surface area contributed by atoms with Crippen molar-refractivity contribution in [2.24, 2.45) is 5.73 Å². The van der Waals surface area contributed by atoms with E-state index >= 15 is 0 Å². The summed E-state index contributed by atoms with van der Waals surface area (Å²) in [5.41, 5.74) is 7.47. The van der Waals surface area contributed by atoms with E-state index < -0.39 is 0 Å². The number of hydrogen-bond donors (Lipinski definition) is 1. The Labute approximate surface area is 124 Å². The normalized spacial score (nSPS) is 12.7. The lowest BCUT2D eigenvalue weighted by molar-refractivity contribution is 0.242. The maximum Gasteiger partial charge on any atom is 0.120 e. The molecule has 0 fully saturated rings. The second kappa shape index (κ2) is 9.82. The van der Waals surface area contributed by atoms with Gasteiger partial charge in [-0.3, -0.25) is 0 Å². The number of benzene rings is 1. The van der Waals surface area contributed by atoms with Gasteiger partial charge in [0.2, 0.25) is 0 Å². The summed E-state index contributed by atoms with van der Waals surface area (Å²) in [6.45, 7) is 6.34. The number of hydrogen-bond acceptors (Lipinski definition) is 2. The summed E-state index contributed by atoms with van der Waals surface area (Å²) in [5.74, 6) is 0.927. The second-order valence-electron chi connectivity index (χ2n) is 5.90. The molecule has 2 heteroatoms. The average molecular weight is 277 g/mol. The first-order chi connectivity index (χ1) is 9.63. The summed E-state index contributed by atoms with van der Waals surface area (Å²) in [7, 11) is 0. The van der Waals surface area contributed by atoms with Gasteiger partial charge in [0.25, 0.3) is 0 Å². The van der Waals surface area contributed by atoms with Gasteiger partial charge in [-0.25, -0.2) is 0 Å². The molecule has 0 aliphatic heterocycles. The predicted octanol–water partition coefficient (Wildman–Crippen LogP) is 5.22. The van der Waals surface area contributed by atoms with Gasteiger partial charge in [0.1, 0.15) is 5.75 Å². The molecule has 2 nitrogen and oxygen atoms in total. The molecule has 0 aliphatic carbocycles. The Bertz CT molecular complexity index is 362. The summed E-state index contributed by atoms with van der Waals surface area (Å²) in [5, 5.41) is 0. The zero-order valence-corrected chi connectivity index (χ0v) is 13.4. The predicted molar refractivity (Wildman–Crippen MR) is 87.1 cm³/mol. The molecule has 114 valence electrons.